The Morgan fingerprint density at radius 3 is 3.00 bits per heavy atom. The lowest BCUT2D eigenvalue weighted by Gasteiger charge is -2.23. The zero-order chi connectivity index (χ0) is 11.3. The Bertz CT molecular complexity index is 208. The summed E-state index contributed by atoms with van der Waals surface area (Å²) in [6.45, 7) is 8.08. The van der Waals surface area contributed by atoms with Gasteiger partial charge in [0.05, 0.1) is 0 Å². The highest BCUT2D eigenvalue weighted by Gasteiger charge is 2.22. The number of likely N-dealkylation sites (tertiary alicyclic amines) is 1. The van der Waals surface area contributed by atoms with Crippen LogP contribution < -0.4 is 11.1 Å². The first kappa shape index (κ1) is 12.5. The van der Waals surface area contributed by atoms with Crippen molar-refractivity contribution in [2.24, 2.45) is 11.7 Å². The van der Waals surface area contributed by atoms with E-state index in [0.29, 0.717) is 12.6 Å². The van der Waals surface area contributed by atoms with E-state index in [4.69, 9.17) is 5.73 Å². The lowest BCUT2D eigenvalue weighted by Crippen LogP contribution is -2.40. The van der Waals surface area contributed by atoms with Gasteiger partial charge in [-0.2, -0.15) is 0 Å². The van der Waals surface area contributed by atoms with E-state index in [1.54, 1.807) is 0 Å². The van der Waals surface area contributed by atoms with Crippen LogP contribution in [0.4, 0.5) is 0 Å². The number of nitrogens with two attached hydrogens (primary N) is 1. The topological polar surface area (TPSA) is 58.4 Å². The standard InChI is InChI=1S/C11H23N3O/c1-3-14-6-4-5-10(14)8-13-7-9(2)11(12)15/h9-10,13H,3-8H2,1-2H3,(H2,12,15). The summed E-state index contributed by atoms with van der Waals surface area (Å²) in [6, 6.07) is 0.648. The van der Waals surface area contributed by atoms with Crippen LogP contribution in [0.5, 0.6) is 0 Å². The molecule has 0 spiro atoms. The molecule has 3 N–H and O–H groups in total. The summed E-state index contributed by atoms with van der Waals surface area (Å²) < 4.78 is 0. The minimum atomic E-state index is -0.221. The molecule has 4 nitrogen and oxygen atoms in total. The van der Waals surface area contributed by atoms with Gasteiger partial charge in [0, 0.05) is 25.0 Å². The van der Waals surface area contributed by atoms with Crippen molar-refractivity contribution in [3.63, 3.8) is 0 Å². The van der Waals surface area contributed by atoms with Crippen LogP contribution in [0.15, 0.2) is 0 Å². The number of hydrogen-bond acceptors (Lipinski definition) is 3. The van der Waals surface area contributed by atoms with Crippen LogP contribution in [0.2, 0.25) is 0 Å². The van der Waals surface area contributed by atoms with Gasteiger partial charge < -0.3 is 11.1 Å². The number of carbonyl (C=O) groups is 1. The molecule has 0 radical (unpaired) electrons. The summed E-state index contributed by atoms with van der Waals surface area (Å²) in [5, 5.41) is 3.33. The van der Waals surface area contributed by atoms with Crippen molar-refractivity contribution in [1.29, 1.82) is 0 Å². The molecule has 1 heterocycles. The molecule has 1 saturated heterocycles. The van der Waals surface area contributed by atoms with Crippen LogP contribution in [-0.2, 0) is 4.79 Å². The molecule has 1 fully saturated rings. The Labute approximate surface area is 92.2 Å². The summed E-state index contributed by atoms with van der Waals surface area (Å²) in [7, 11) is 0. The molecule has 1 amide bonds. The van der Waals surface area contributed by atoms with E-state index in [-0.39, 0.29) is 11.8 Å². The fourth-order valence-electron chi connectivity index (χ4n) is 2.11. The van der Waals surface area contributed by atoms with Crippen LogP contribution >= 0.6 is 0 Å². The van der Waals surface area contributed by atoms with E-state index < -0.39 is 0 Å². The summed E-state index contributed by atoms with van der Waals surface area (Å²) in [5.41, 5.74) is 5.19. The predicted molar refractivity (Wildman–Crippen MR) is 61.5 cm³/mol. The van der Waals surface area contributed by atoms with Gasteiger partial charge in [0.1, 0.15) is 0 Å². The Balaban J connectivity index is 2.17. The third-order valence-corrected chi connectivity index (χ3v) is 3.22. The van der Waals surface area contributed by atoms with Crippen molar-refractivity contribution in [3.05, 3.63) is 0 Å². The van der Waals surface area contributed by atoms with Crippen LogP contribution in [-0.4, -0.2) is 43.0 Å². The molecular weight excluding hydrogens is 190 g/mol. The van der Waals surface area contributed by atoms with E-state index in [1.165, 1.54) is 19.4 Å². The van der Waals surface area contributed by atoms with Gasteiger partial charge in [-0.1, -0.05) is 13.8 Å². The summed E-state index contributed by atoms with van der Waals surface area (Å²) >= 11 is 0. The van der Waals surface area contributed by atoms with E-state index in [1.807, 2.05) is 6.92 Å². The van der Waals surface area contributed by atoms with Crippen LogP contribution in [0, 0.1) is 5.92 Å². The summed E-state index contributed by atoms with van der Waals surface area (Å²) in [6.07, 6.45) is 2.57. The number of carbonyl (C=O) groups excluding carboxylic acids is 1. The molecule has 2 unspecified atom stereocenters. The zero-order valence-electron chi connectivity index (χ0n) is 9.83. The maximum atomic E-state index is 10.8. The molecule has 4 heteroatoms. The van der Waals surface area contributed by atoms with Gasteiger partial charge in [0.2, 0.25) is 5.91 Å². The highest BCUT2D eigenvalue weighted by molar-refractivity contribution is 5.76. The third-order valence-electron chi connectivity index (χ3n) is 3.22. The molecule has 0 aromatic carbocycles. The highest BCUT2D eigenvalue weighted by Crippen LogP contribution is 2.15. The van der Waals surface area contributed by atoms with Crippen LogP contribution in [0.1, 0.15) is 26.7 Å². The number of nitrogens with one attached hydrogen (secondary N) is 1. The third kappa shape index (κ3) is 3.80. The largest absolute Gasteiger partial charge is 0.369 e. The Morgan fingerprint density at radius 2 is 2.40 bits per heavy atom. The minimum absolute atomic E-state index is 0.0681. The average Bonchev–Trinajstić information content (AvgIpc) is 2.65. The molecule has 1 aliphatic heterocycles. The molecule has 1 aliphatic rings. The summed E-state index contributed by atoms with van der Waals surface area (Å²) in [5.74, 6) is -0.289. The van der Waals surface area contributed by atoms with E-state index in [9.17, 15) is 4.79 Å². The predicted octanol–water partition coefficient (Wildman–Crippen LogP) is 0.182. The fourth-order valence-corrected chi connectivity index (χ4v) is 2.11. The average molecular weight is 213 g/mol. The van der Waals surface area contributed by atoms with E-state index >= 15 is 0 Å². The van der Waals surface area contributed by atoms with E-state index in [0.717, 1.165) is 13.1 Å². The number of rotatable bonds is 6. The van der Waals surface area contributed by atoms with Crippen molar-refractivity contribution in [2.75, 3.05) is 26.2 Å². The first-order valence-electron chi connectivity index (χ1n) is 5.89. The fraction of sp³-hybridized carbons (Fsp3) is 0.909. The van der Waals surface area contributed by atoms with Gasteiger partial charge >= 0.3 is 0 Å². The molecular formula is C11H23N3O. The van der Waals surface area contributed by atoms with Crippen LogP contribution in [0.25, 0.3) is 0 Å². The monoisotopic (exact) mass is 213 g/mol. The second-order valence-electron chi connectivity index (χ2n) is 4.39. The first-order chi connectivity index (χ1) is 7.15. The number of hydrogen-bond donors (Lipinski definition) is 2. The number of primary amides is 1. The van der Waals surface area contributed by atoms with Crippen LogP contribution in [0.3, 0.4) is 0 Å². The van der Waals surface area contributed by atoms with Crippen molar-refractivity contribution >= 4 is 5.91 Å². The Morgan fingerprint density at radius 1 is 1.67 bits per heavy atom. The molecule has 0 aliphatic carbocycles. The van der Waals surface area contributed by atoms with Gasteiger partial charge in [0.25, 0.3) is 0 Å². The highest BCUT2D eigenvalue weighted by atomic mass is 16.1. The van der Waals surface area contributed by atoms with Crippen molar-refractivity contribution in [3.8, 4) is 0 Å². The Kier molecular flexibility index (Phi) is 5.05. The van der Waals surface area contributed by atoms with Gasteiger partial charge in [-0.05, 0) is 25.9 Å². The normalized spacial score (nSPS) is 24.3. The second-order valence-corrected chi connectivity index (χ2v) is 4.39. The number of likely N-dealkylation sites (N-methyl/N-ethyl adjacent to an activating group) is 1. The lowest BCUT2D eigenvalue weighted by molar-refractivity contribution is -0.121. The first-order valence-corrected chi connectivity index (χ1v) is 5.89. The molecule has 2 atom stereocenters. The molecule has 0 aromatic heterocycles. The van der Waals surface area contributed by atoms with Crippen molar-refractivity contribution in [1.82, 2.24) is 10.2 Å². The minimum Gasteiger partial charge on any atom is -0.369 e. The zero-order valence-corrected chi connectivity index (χ0v) is 9.83. The van der Waals surface area contributed by atoms with Crippen molar-refractivity contribution in [2.45, 2.75) is 32.7 Å². The van der Waals surface area contributed by atoms with Gasteiger partial charge in [0.15, 0.2) is 0 Å². The molecule has 88 valence electrons. The second kappa shape index (κ2) is 6.08. The quantitative estimate of drug-likeness (QED) is 0.662. The smallest absolute Gasteiger partial charge is 0.221 e. The van der Waals surface area contributed by atoms with Gasteiger partial charge in [-0.15, -0.1) is 0 Å². The number of amides is 1. The molecule has 0 saturated carbocycles. The molecule has 0 bridgehead atoms. The van der Waals surface area contributed by atoms with Gasteiger partial charge in [-0.3, -0.25) is 9.69 Å². The molecule has 0 aromatic rings. The maximum Gasteiger partial charge on any atom is 0.221 e. The Hall–Kier alpha value is -0.610. The maximum absolute atomic E-state index is 10.8. The van der Waals surface area contributed by atoms with E-state index in [2.05, 4.69) is 17.1 Å². The SMILES string of the molecule is CCN1CCCC1CNCC(C)C(N)=O. The van der Waals surface area contributed by atoms with Gasteiger partial charge in [-0.25, -0.2) is 0 Å². The lowest BCUT2D eigenvalue weighted by atomic mass is 10.1. The number of nitrogens with zero attached hydrogens (tertiary/aromatic N) is 1. The molecule has 15 heavy (non-hydrogen) atoms. The summed E-state index contributed by atoms with van der Waals surface area (Å²) in [4.78, 5) is 13.3. The van der Waals surface area contributed by atoms with Crippen molar-refractivity contribution < 1.29 is 4.79 Å². The molecule has 1 rings (SSSR count).